The number of ether oxygens (including phenoxy) is 2. The predicted molar refractivity (Wildman–Crippen MR) is 108 cm³/mol. The molecule has 1 aromatic heterocycles. The van der Waals surface area contributed by atoms with Gasteiger partial charge in [0.1, 0.15) is 11.5 Å². The number of benzene rings is 1. The van der Waals surface area contributed by atoms with Gasteiger partial charge in [-0.15, -0.1) is 0 Å². The van der Waals surface area contributed by atoms with Crippen molar-refractivity contribution in [1.82, 2.24) is 9.88 Å². The van der Waals surface area contributed by atoms with Crippen molar-refractivity contribution in [2.75, 3.05) is 32.6 Å². The SMILES string of the molecule is CCCN(CCC)C(=O)c1cncc(C(=O)Nc2ccc(OC)cc2OC)c1. The van der Waals surface area contributed by atoms with Gasteiger partial charge in [-0.05, 0) is 31.0 Å². The van der Waals surface area contributed by atoms with Crippen LogP contribution in [0.2, 0.25) is 0 Å². The number of nitrogens with zero attached hydrogens (tertiary/aromatic N) is 2. The lowest BCUT2D eigenvalue weighted by atomic mass is 10.1. The summed E-state index contributed by atoms with van der Waals surface area (Å²) in [6.45, 7) is 5.40. The van der Waals surface area contributed by atoms with Crippen molar-refractivity contribution in [3.8, 4) is 11.5 Å². The van der Waals surface area contributed by atoms with Crippen molar-refractivity contribution in [2.45, 2.75) is 26.7 Å². The zero-order valence-electron chi connectivity index (χ0n) is 16.8. The van der Waals surface area contributed by atoms with E-state index in [0.29, 0.717) is 41.4 Å². The summed E-state index contributed by atoms with van der Waals surface area (Å²) < 4.78 is 10.5. The first kappa shape index (κ1) is 21.2. The molecule has 0 fully saturated rings. The van der Waals surface area contributed by atoms with Gasteiger partial charge in [0.05, 0.1) is 31.0 Å². The van der Waals surface area contributed by atoms with Crippen molar-refractivity contribution in [2.24, 2.45) is 0 Å². The molecule has 28 heavy (non-hydrogen) atoms. The molecule has 7 nitrogen and oxygen atoms in total. The zero-order chi connectivity index (χ0) is 20.5. The molecule has 0 aliphatic carbocycles. The van der Waals surface area contributed by atoms with Crippen LogP contribution in [0.1, 0.15) is 47.4 Å². The lowest BCUT2D eigenvalue weighted by Gasteiger charge is -2.21. The fourth-order valence-corrected chi connectivity index (χ4v) is 2.81. The number of hydrogen-bond donors (Lipinski definition) is 1. The number of carbonyl (C=O) groups excluding carboxylic acids is 2. The molecular formula is C21H27N3O4. The summed E-state index contributed by atoms with van der Waals surface area (Å²) in [5.41, 5.74) is 1.21. The van der Waals surface area contributed by atoms with Gasteiger partial charge >= 0.3 is 0 Å². The third kappa shape index (κ3) is 5.22. The number of hydrogen-bond acceptors (Lipinski definition) is 5. The molecule has 1 aromatic carbocycles. The number of aromatic nitrogens is 1. The number of carbonyl (C=O) groups is 2. The first-order valence-corrected chi connectivity index (χ1v) is 9.31. The highest BCUT2D eigenvalue weighted by atomic mass is 16.5. The molecule has 2 aromatic rings. The van der Waals surface area contributed by atoms with Gasteiger partial charge in [-0.3, -0.25) is 14.6 Å². The quantitative estimate of drug-likeness (QED) is 0.713. The first-order chi connectivity index (χ1) is 13.5. The largest absolute Gasteiger partial charge is 0.497 e. The van der Waals surface area contributed by atoms with E-state index in [9.17, 15) is 9.59 Å². The second-order valence-corrected chi connectivity index (χ2v) is 6.27. The second kappa shape index (κ2) is 10.3. The topological polar surface area (TPSA) is 80.8 Å². The van der Waals surface area contributed by atoms with E-state index in [1.807, 2.05) is 13.8 Å². The standard InChI is InChI=1S/C21H27N3O4/c1-5-9-24(10-6-2)21(26)16-11-15(13-22-14-16)20(25)23-18-8-7-17(27-3)12-19(18)28-4/h7-8,11-14H,5-6,9-10H2,1-4H3,(H,23,25). The highest BCUT2D eigenvalue weighted by molar-refractivity contribution is 6.06. The van der Waals surface area contributed by atoms with Crippen LogP contribution in [0.5, 0.6) is 11.5 Å². The van der Waals surface area contributed by atoms with Crippen molar-refractivity contribution >= 4 is 17.5 Å². The van der Waals surface area contributed by atoms with Crippen LogP contribution < -0.4 is 14.8 Å². The van der Waals surface area contributed by atoms with Gasteiger partial charge in [0.25, 0.3) is 11.8 Å². The molecule has 0 unspecified atom stereocenters. The van der Waals surface area contributed by atoms with E-state index in [0.717, 1.165) is 12.8 Å². The van der Waals surface area contributed by atoms with Crippen LogP contribution >= 0.6 is 0 Å². The van der Waals surface area contributed by atoms with Gasteiger partial charge in [-0.1, -0.05) is 13.8 Å². The molecule has 7 heteroatoms. The third-order valence-corrected chi connectivity index (χ3v) is 4.18. The molecule has 1 heterocycles. The number of methoxy groups -OCH3 is 2. The Kier molecular flexibility index (Phi) is 7.80. The first-order valence-electron chi connectivity index (χ1n) is 9.31. The molecule has 0 saturated carbocycles. The molecule has 0 atom stereocenters. The maximum atomic E-state index is 12.7. The van der Waals surface area contributed by atoms with Crippen LogP contribution in [0.15, 0.2) is 36.7 Å². The van der Waals surface area contributed by atoms with Crippen LogP contribution in [-0.2, 0) is 0 Å². The maximum Gasteiger partial charge on any atom is 0.257 e. The van der Waals surface area contributed by atoms with Crippen LogP contribution in [0.3, 0.4) is 0 Å². The van der Waals surface area contributed by atoms with E-state index in [1.54, 1.807) is 36.3 Å². The Balaban J connectivity index is 2.21. The minimum Gasteiger partial charge on any atom is -0.497 e. The Morgan fingerprint density at radius 3 is 2.29 bits per heavy atom. The number of anilines is 1. The minimum atomic E-state index is -0.372. The molecule has 2 rings (SSSR count). The smallest absolute Gasteiger partial charge is 0.257 e. The Labute approximate surface area is 165 Å². The lowest BCUT2D eigenvalue weighted by Crippen LogP contribution is -2.32. The van der Waals surface area contributed by atoms with Gasteiger partial charge in [0.15, 0.2) is 0 Å². The molecule has 0 saturated heterocycles. The summed E-state index contributed by atoms with van der Waals surface area (Å²) in [6, 6.07) is 6.67. The van der Waals surface area contributed by atoms with E-state index in [2.05, 4.69) is 10.3 Å². The van der Waals surface area contributed by atoms with Crippen molar-refractivity contribution in [3.63, 3.8) is 0 Å². The van der Waals surface area contributed by atoms with Gasteiger partial charge in [-0.2, -0.15) is 0 Å². The number of nitrogens with one attached hydrogen (secondary N) is 1. The van der Waals surface area contributed by atoms with E-state index < -0.39 is 0 Å². The summed E-state index contributed by atoms with van der Waals surface area (Å²) in [5, 5.41) is 2.79. The Morgan fingerprint density at radius 1 is 1.00 bits per heavy atom. The van der Waals surface area contributed by atoms with Gasteiger partial charge in [-0.25, -0.2) is 0 Å². The third-order valence-electron chi connectivity index (χ3n) is 4.18. The zero-order valence-corrected chi connectivity index (χ0v) is 16.8. The van der Waals surface area contributed by atoms with Crippen molar-refractivity contribution < 1.29 is 19.1 Å². The second-order valence-electron chi connectivity index (χ2n) is 6.27. The van der Waals surface area contributed by atoms with E-state index in [1.165, 1.54) is 19.5 Å². The number of amides is 2. The monoisotopic (exact) mass is 385 g/mol. The van der Waals surface area contributed by atoms with E-state index >= 15 is 0 Å². The van der Waals surface area contributed by atoms with Gasteiger partial charge in [0.2, 0.25) is 0 Å². The molecule has 1 N–H and O–H groups in total. The average Bonchev–Trinajstić information content (AvgIpc) is 2.73. The van der Waals surface area contributed by atoms with Gasteiger partial charge < -0.3 is 19.7 Å². The molecule has 0 bridgehead atoms. The number of rotatable bonds is 9. The Bertz CT molecular complexity index is 817. The highest BCUT2D eigenvalue weighted by Gasteiger charge is 2.17. The van der Waals surface area contributed by atoms with Crippen molar-refractivity contribution in [3.05, 3.63) is 47.8 Å². The molecular weight excluding hydrogens is 358 g/mol. The van der Waals surface area contributed by atoms with Gasteiger partial charge in [0, 0.05) is 31.5 Å². The summed E-state index contributed by atoms with van der Waals surface area (Å²) in [7, 11) is 3.07. The maximum absolute atomic E-state index is 12.7. The van der Waals surface area contributed by atoms with E-state index in [4.69, 9.17) is 9.47 Å². The van der Waals surface area contributed by atoms with Crippen LogP contribution in [-0.4, -0.2) is 49.0 Å². The molecule has 0 radical (unpaired) electrons. The molecule has 150 valence electrons. The normalized spacial score (nSPS) is 10.3. The fourth-order valence-electron chi connectivity index (χ4n) is 2.81. The fraction of sp³-hybridized carbons (Fsp3) is 0.381. The molecule has 0 spiro atoms. The van der Waals surface area contributed by atoms with Crippen LogP contribution in [0, 0.1) is 0 Å². The number of pyridine rings is 1. The summed E-state index contributed by atoms with van der Waals surface area (Å²) in [4.78, 5) is 31.3. The van der Waals surface area contributed by atoms with Crippen LogP contribution in [0.4, 0.5) is 5.69 Å². The predicted octanol–water partition coefficient (Wildman–Crippen LogP) is 3.61. The Morgan fingerprint density at radius 2 is 1.68 bits per heavy atom. The lowest BCUT2D eigenvalue weighted by molar-refractivity contribution is 0.0755. The molecule has 2 amide bonds. The summed E-state index contributed by atoms with van der Waals surface area (Å²) in [5.74, 6) is 0.608. The average molecular weight is 385 g/mol. The highest BCUT2D eigenvalue weighted by Crippen LogP contribution is 2.29. The Hall–Kier alpha value is -3.09. The minimum absolute atomic E-state index is 0.118. The van der Waals surface area contributed by atoms with Crippen LogP contribution in [0.25, 0.3) is 0 Å². The van der Waals surface area contributed by atoms with Crippen molar-refractivity contribution in [1.29, 1.82) is 0 Å². The van der Waals surface area contributed by atoms with E-state index in [-0.39, 0.29) is 11.8 Å². The molecule has 0 aliphatic rings. The molecule has 0 aliphatic heterocycles. The summed E-state index contributed by atoms with van der Waals surface area (Å²) in [6.07, 6.45) is 4.67. The summed E-state index contributed by atoms with van der Waals surface area (Å²) >= 11 is 0.